The number of carboxylic acid groups (broad SMARTS) is 1. The highest BCUT2D eigenvalue weighted by Crippen LogP contribution is 2.44. The SMILES string of the molecule is CCO[C@@H]1C[C@@H]2C(C(C)(C)C)N(C(=O)O)[C@H](c3nc(C(=O)c4ccccc4OC)cs3)CN2C1. The topological polar surface area (TPSA) is 92.2 Å². The lowest BCUT2D eigenvalue weighted by Crippen LogP contribution is -2.63. The summed E-state index contributed by atoms with van der Waals surface area (Å²) in [7, 11) is 1.53. The van der Waals surface area contributed by atoms with Crippen molar-refractivity contribution >= 4 is 23.2 Å². The molecule has 0 saturated carbocycles. The number of para-hydroxylation sites is 1. The highest BCUT2D eigenvalue weighted by Gasteiger charge is 2.53. The van der Waals surface area contributed by atoms with Gasteiger partial charge in [0.1, 0.15) is 22.5 Å². The van der Waals surface area contributed by atoms with E-state index in [2.05, 4.69) is 30.7 Å². The van der Waals surface area contributed by atoms with Crippen LogP contribution in [0.25, 0.3) is 0 Å². The molecule has 8 nitrogen and oxygen atoms in total. The summed E-state index contributed by atoms with van der Waals surface area (Å²) in [5.74, 6) is 0.252. The van der Waals surface area contributed by atoms with Crippen molar-refractivity contribution in [1.29, 1.82) is 0 Å². The molecule has 1 aromatic carbocycles. The number of ketones is 1. The largest absolute Gasteiger partial charge is 0.496 e. The molecule has 2 aromatic rings. The maximum atomic E-state index is 13.2. The Hall–Kier alpha value is -2.49. The molecule has 34 heavy (non-hydrogen) atoms. The number of carbonyl (C=O) groups is 2. The zero-order valence-electron chi connectivity index (χ0n) is 20.4. The summed E-state index contributed by atoms with van der Waals surface area (Å²) in [5.41, 5.74) is 0.458. The van der Waals surface area contributed by atoms with Crippen LogP contribution in [0, 0.1) is 5.41 Å². The third-order valence-electron chi connectivity index (χ3n) is 6.72. The van der Waals surface area contributed by atoms with Gasteiger partial charge in [-0.3, -0.25) is 14.6 Å². The smallest absolute Gasteiger partial charge is 0.408 e. The number of rotatable bonds is 6. The Kier molecular flexibility index (Phi) is 6.98. The molecule has 0 radical (unpaired) electrons. The highest BCUT2D eigenvalue weighted by atomic mass is 32.1. The lowest BCUT2D eigenvalue weighted by molar-refractivity contribution is -0.0381. The van der Waals surface area contributed by atoms with E-state index in [1.54, 1.807) is 28.5 Å². The summed E-state index contributed by atoms with van der Waals surface area (Å²) in [5, 5.41) is 12.7. The normalized spacial score (nSPS) is 25.3. The van der Waals surface area contributed by atoms with E-state index in [1.807, 2.05) is 13.0 Å². The lowest BCUT2D eigenvalue weighted by atomic mass is 9.78. The molecule has 2 aliphatic heterocycles. The number of methoxy groups -OCH3 is 1. The van der Waals surface area contributed by atoms with Crippen LogP contribution < -0.4 is 4.74 Å². The van der Waals surface area contributed by atoms with Gasteiger partial charge >= 0.3 is 6.09 Å². The Balaban J connectivity index is 1.69. The van der Waals surface area contributed by atoms with E-state index in [0.29, 0.717) is 35.2 Å². The number of amides is 1. The number of hydrogen-bond acceptors (Lipinski definition) is 7. The maximum Gasteiger partial charge on any atom is 0.408 e. The van der Waals surface area contributed by atoms with Crippen molar-refractivity contribution in [2.45, 2.75) is 58.3 Å². The zero-order valence-corrected chi connectivity index (χ0v) is 21.2. The van der Waals surface area contributed by atoms with Crippen LogP contribution in [0.15, 0.2) is 29.6 Å². The van der Waals surface area contributed by atoms with E-state index in [4.69, 9.17) is 9.47 Å². The van der Waals surface area contributed by atoms with Crippen LogP contribution in [-0.2, 0) is 4.74 Å². The van der Waals surface area contributed by atoms with Crippen molar-refractivity contribution in [2.24, 2.45) is 5.41 Å². The standard InChI is InChI=1S/C25H33N3O5S/c1-6-33-15-11-18-22(25(2,3)4)28(24(30)31)19(13-27(18)12-15)23-26-17(14-34-23)21(29)16-9-7-8-10-20(16)32-5/h7-10,14-15,18-19,22H,6,11-13H2,1-5H3,(H,30,31)/t15-,18-,19+,22?/m1/s1. The summed E-state index contributed by atoms with van der Waals surface area (Å²) in [4.78, 5) is 34.4. The number of aromatic nitrogens is 1. The second-order valence-electron chi connectivity index (χ2n) is 9.95. The van der Waals surface area contributed by atoms with Crippen LogP contribution in [0.5, 0.6) is 5.75 Å². The predicted molar refractivity (Wildman–Crippen MR) is 130 cm³/mol. The Morgan fingerprint density at radius 3 is 2.62 bits per heavy atom. The third-order valence-corrected chi connectivity index (χ3v) is 7.67. The molecule has 2 fully saturated rings. The highest BCUT2D eigenvalue weighted by molar-refractivity contribution is 7.10. The van der Waals surface area contributed by atoms with Gasteiger partial charge in [0.2, 0.25) is 5.78 Å². The van der Waals surface area contributed by atoms with E-state index in [9.17, 15) is 14.7 Å². The Morgan fingerprint density at radius 2 is 1.97 bits per heavy atom. The molecular weight excluding hydrogens is 454 g/mol. The van der Waals surface area contributed by atoms with Gasteiger partial charge in [0.15, 0.2) is 0 Å². The van der Waals surface area contributed by atoms with Gasteiger partial charge in [-0.25, -0.2) is 9.78 Å². The second-order valence-corrected chi connectivity index (χ2v) is 10.8. The van der Waals surface area contributed by atoms with E-state index in [1.165, 1.54) is 18.4 Å². The maximum absolute atomic E-state index is 13.2. The molecule has 2 saturated heterocycles. The van der Waals surface area contributed by atoms with Crippen molar-refractivity contribution in [3.05, 3.63) is 45.9 Å². The molecule has 1 amide bonds. The Labute approximate surface area is 204 Å². The molecule has 4 rings (SSSR count). The molecular formula is C25H33N3O5S. The first-order chi connectivity index (χ1) is 16.2. The van der Waals surface area contributed by atoms with Gasteiger partial charge in [-0.1, -0.05) is 32.9 Å². The van der Waals surface area contributed by atoms with Crippen molar-refractivity contribution in [3.63, 3.8) is 0 Å². The van der Waals surface area contributed by atoms with Crippen molar-refractivity contribution in [3.8, 4) is 5.75 Å². The number of hydrogen-bond donors (Lipinski definition) is 1. The molecule has 0 spiro atoms. The third kappa shape index (κ3) is 4.56. The summed E-state index contributed by atoms with van der Waals surface area (Å²) in [6.07, 6.45) is -0.0627. The van der Waals surface area contributed by atoms with Crippen LogP contribution in [0.1, 0.15) is 61.2 Å². The van der Waals surface area contributed by atoms with Gasteiger partial charge in [-0.2, -0.15) is 0 Å². The van der Waals surface area contributed by atoms with Gasteiger partial charge in [0.05, 0.1) is 24.8 Å². The molecule has 4 atom stereocenters. The fourth-order valence-electron chi connectivity index (χ4n) is 5.43. The average molecular weight is 488 g/mol. The molecule has 1 N–H and O–H groups in total. The molecule has 0 aliphatic carbocycles. The molecule has 9 heteroatoms. The molecule has 1 unspecified atom stereocenters. The first kappa shape index (κ1) is 24.6. The lowest BCUT2D eigenvalue weighted by Gasteiger charge is -2.52. The van der Waals surface area contributed by atoms with Crippen LogP contribution in [-0.4, -0.2) is 76.8 Å². The first-order valence-electron chi connectivity index (χ1n) is 11.7. The number of thiazole rings is 1. The van der Waals surface area contributed by atoms with E-state index in [-0.39, 0.29) is 29.4 Å². The fourth-order valence-corrected chi connectivity index (χ4v) is 6.32. The number of benzene rings is 1. The zero-order chi connectivity index (χ0) is 24.6. The second kappa shape index (κ2) is 9.64. The van der Waals surface area contributed by atoms with Crippen LogP contribution >= 0.6 is 11.3 Å². The van der Waals surface area contributed by atoms with Crippen LogP contribution in [0.2, 0.25) is 0 Å². The van der Waals surface area contributed by atoms with Gasteiger partial charge in [-0.05, 0) is 30.9 Å². The first-order valence-corrected chi connectivity index (χ1v) is 12.5. The number of piperazine rings is 1. The molecule has 1 aromatic heterocycles. The molecule has 0 bridgehead atoms. The average Bonchev–Trinajstić information content (AvgIpc) is 3.43. The fraction of sp³-hybridized carbons (Fsp3) is 0.560. The minimum Gasteiger partial charge on any atom is -0.496 e. The summed E-state index contributed by atoms with van der Waals surface area (Å²) < 4.78 is 11.3. The van der Waals surface area contributed by atoms with Gasteiger partial charge in [-0.15, -0.1) is 11.3 Å². The van der Waals surface area contributed by atoms with Crippen LogP contribution in [0.4, 0.5) is 4.79 Å². The van der Waals surface area contributed by atoms with Gasteiger partial charge in [0, 0.05) is 31.1 Å². The number of ether oxygens (including phenoxy) is 2. The predicted octanol–water partition coefficient (Wildman–Crippen LogP) is 4.31. The Bertz CT molecular complexity index is 1050. The molecule has 184 valence electrons. The van der Waals surface area contributed by atoms with E-state index in [0.717, 1.165) is 13.0 Å². The van der Waals surface area contributed by atoms with Crippen molar-refractivity contribution in [1.82, 2.24) is 14.8 Å². The van der Waals surface area contributed by atoms with Crippen molar-refractivity contribution in [2.75, 3.05) is 26.8 Å². The number of fused-ring (bicyclic) bond motifs is 1. The minimum atomic E-state index is -0.961. The van der Waals surface area contributed by atoms with Crippen molar-refractivity contribution < 1.29 is 24.2 Å². The monoisotopic (exact) mass is 487 g/mol. The van der Waals surface area contributed by atoms with Crippen LogP contribution in [0.3, 0.4) is 0 Å². The summed E-state index contributed by atoms with van der Waals surface area (Å²) in [6.45, 7) is 10.2. The quantitative estimate of drug-likeness (QED) is 0.607. The number of carbonyl (C=O) groups excluding carboxylic acids is 1. The minimum absolute atomic E-state index is 0.0820. The van der Waals surface area contributed by atoms with E-state index < -0.39 is 12.1 Å². The molecule has 3 heterocycles. The van der Waals surface area contributed by atoms with Gasteiger partial charge in [0.25, 0.3) is 0 Å². The number of nitrogens with zero attached hydrogens (tertiary/aromatic N) is 3. The summed E-state index contributed by atoms with van der Waals surface area (Å²) >= 11 is 1.34. The Morgan fingerprint density at radius 1 is 1.24 bits per heavy atom. The van der Waals surface area contributed by atoms with Gasteiger partial charge < -0.3 is 14.6 Å². The molecule has 2 aliphatic rings. The summed E-state index contributed by atoms with van der Waals surface area (Å²) in [6, 6.07) is 6.44. The van der Waals surface area contributed by atoms with E-state index >= 15 is 0 Å².